The van der Waals surface area contributed by atoms with Gasteiger partial charge in [0.25, 0.3) is 0 Å². The summed E-state index contributed by atoms with van der Waals surface area (Å²) in [4.78, 5) is 16.6. The Labute approximate surface area is 224 Å². The SMILES string of the molecule is COc1ccc(CCCNCCCNC(=O)C/C=C/c2ccc(-n3cnc4ccccc43)cc2)cc1OC. The smallest absolute Gasteiger partial charge is 0.223 e. The van der Waals surface area contributed by atoms with Crippen LogP contribution < -0.4 is 20.1 Å². The summed E-state index contributed by atoms with van der Waals surface area (Å²) in [5.41, 5.74) is 5.40. The average Bonchev–Trinajstić information content (AvgIpc) is 3.39. The molecule has 4 rings (SSSR count). The number of hydrogen-bond acceptors (Lipinski definition) is 5. The Balaban J connectivity index is 1.08. The summed E-state index contributed by atoms with van der Waals surface area (Å²) < 4.78 is 12.7. The van der Waals surface area contributed by atoms with Gasteiger partial charge in [-0.1, -0.05) is 42.5 Å². The molecule has 1 amide bonds. The van der Waals surface area contributed by atoms with E-state index in [9.17, 15) is 4.79 Å². The molecule has 38 heavy (non-hydrogen) atoms. The van der Waals surface area contributed by atoms with E-state index in [4.69, 9.17) is 9.47 Å². The van der Waals surface area contributed by atoms with Crippen molar-refractivity contribution in [1.82, 2.24) is 20.2 Å². The van der Waals surface area contributed by atoms with E-state index in [2.05, 4.69) is 56.6 Å². The minimum absolute atomic E-state index is 0.0382. The molecule has 0 bridgehead atoms. The number of nitrogens with zero attached hydrogens (tertiary/aromatic N) is 2. The molecule has 0 atom stereocenters. The van der Waals surface area contributed by atoms with E-state index < -0.39 is 0 Å². The number of aromatic nitrogens is 2. The lowest BCUT2D eigenvalue weighted by Crippen LogP contribution is -2.27. The first-order valence-corrected chi connectivity index (χ1v) is 13.1. The van der Waals surface area contributed by atoms with E-state index >= 15 is 0 Å². The van der Waals surface area contributed by atoms with E-state index in [1.54, 1.807) is 14.2 Å². The van der Waals surface area contributed by atoms with Crippen molar-refractivity contribution in [2.45, 2.75) is 25.7 Å². The number of fused-ring (bicyclic) bond motifs is 1. The van der Waals surface area contributed by atoms with Crippen molar-refractivity contribution in [2.75, 3.05) is 33.9 Å². The van der Waals surface area contributed by atoms with Crippen molar-refractivity contribution in [1.29, 1.82) is 0 Å². The number of hydrogen-bond donors (Lipinski definition) is 2. The number of benzene rings is 3. The monoisotopic (exact) mass is 512 g/mol. The molecule has 7 heteroatoms. The molecule has 198 valence electrons. The highest BCUT2D eigenvalue weighted by Crippen LogP contribution is 2.27. The van der Waals surface area contributed by atoms with E-state index in [1.807, 2.05) is 48.8 Å². The van der Waals surface area contributed by atoms with Crippen LogP contribution in [0.3, 0.4) is 0 Å². The third-order valence-electron chi connectivity index (χ3n) is 6.36. The standard InChI is InChI=1S/C31H36N4O3/c1-37-29-18-15-25(22-30(29)38-2)9-6-19-32-20-7-21-33-31(36)12-5-8-24-13-16-26(17-14-24)35-23-34-27-10-3-4-11-28(27)35/h3-5,8,10-11,13-18,22-23,32H,6-7,9,12,19-21H2,1-2H3,(H,33,36)/b8-5+. The van der Waals surface area contributed by atoms with Gasteiger partial charge in [0, 0.05) is 18.7 Å². The van der Waals surface area contributed by atoms with E-state index in [-0.39, 0.29) is 5.91 Å². The van der Waals surface area contributed by atoms with Gasteiger partial charge in [-0.05, 0) is 79.9 Å². The molecule has 0 saturated heterocycles. The van der Waals surface area contributed by atoms with Crippen LogP contribution in [0.5, 0.6) is 11.5 Å². The Morgan fingerprint density at radius 1 is 0.921 bits per heavy atom. The zero-order chi connectivity index (χ0) is 26.6. The summed E-state index contributed by atoms with van der Waals surface area (Å²) in [6.45, 7) is 2.48. The Bertz CT molecular complexity index is 1350. The third-order valence-corrected chi connectivity index (χ3v) is 6.36. The van der Waals surface area contributed by atoms with Crippen LogP contribution in [0, 0.1) is 0 Å². The number of carbonyl (C=O) groups is 1. The van der Waals surface area contributed by atoms with Crippen molar-refractivity contribution in [2.24, 2.45) is 0 Å². The Morgan fingerprint density at radius 2 is 1.71 bits per heavy atom. The fraction of sp³-hybridized carbons (Fsp3) is 0.290. The highest BCUT2D eigenvalue weighted by Gasteiger charge is 2.05. The van der Waals surface area contributed by atoms with Crippen molar-refractivity contribution in [3.63, 3.8) is 0 Å². The molecule has 1 aromatic heterocycles. The summed E-state index contributed by atoms with van der Waals surface area (Å²) in [7, 11) is 3.30. The van der Waals surface area contributed by atoms with Crippen molar-refractivity contribution in [3.8, 4) is 17.2 Å². The highest BCUT2D eigenvalue weighted by molar-refractivity contribution is 5.79. The highest BCUT2D eigenvalue weighted by atomic mass is 16.5. The fourth-order valence-corrected chi connectivity index (χ4v) is 4.31. The topological polar surface area (TPSA) is 77.4 Å². The Kier molecular flexibility index (Phi) is 9.93. The van der Waals surface area contributed by atoms with Gasteiger partial charge in [-0.3, -0.25) is 9.36 Å². The Morgan fingerprint density at radius 3 is 2.53 bits per heavy atom. The van der Waals surface area contributed by atoms with E-state index in [0.717, 1.165) is 66.1 Å². The van der Waals surface area contributed by atoms with Crippen LogP contribution in [-0.2, 0) is 11.2 Å². The van der Waals surface area contributed by atoms with Crippen LogP contribution in [0.4, 0.5) is 0 Å². The first kappa shape index (κ1) is 26.9. The fourth-order valence-electron chi connectivity index (χ4n) is 4.31. The average molecular weight is 513 g/mol. The van der Waals surface area contributed by atoms with Crippen LogP contribution in [-0.4, -0.2) is 49.3 Å². The normalized spacial score (nSPS) is 11.2. The molecule has 0 aliphatic rings. The van der Waals surface area contributed by atoms with Gasteiger partial charge >= 0.3 is 0 Å². The first-order valence-electron chi connectivity index (χ1n) is 13.1. The number of aryl methyl sites for hydroxylation is 1. The second-order valence-corrected chi connectivity index (χ2v) is 9.05. The molecule has 0 aliphatic heterocycles. The van der Waals surface area contributed by atoms with E-state index in [1.165, 1.54) is 5.56 Å². The number of imidazole rings is 1. The maximum Gasteiger partial charge on any atom is 0.223 e. The molecule has 7 nitrogen and oxygen atoms in total. The second kappa shape index (κ2) is 14.0. The second-order valence-electron chi connectivity index (χ2n) is 9.05. The molecule has 0 fully saturated rings. The van der Waals surface area contributed by atoms with Gasteiger partial charge in [0.05, 0.1) is 25.3 Å². The summed E-state index contributed by atoms with van der Waals surface area (Å²) in [5, 5.41) is 6.43. The molecule has 0 unspecified atom stereocenters. The van der Waals surface area contributed by atoms with E-state index in [0.29, 0.717) is 13.0 Å². The molecular formula is C31H36N4O3. The van der Waals surface area contributed by atoms with Gasteiger partial charge in [0.15, 0.2) is 11.5 Å². The van der Waals surface area contributed by atoms with Crippen molar-refractivity contribution >= 4 is 23.0 Å². The summed E-state index contributed by atoms with van der Waals surface area (Å²) >= 11 is 0. The molecule has 2 N–H and O–H groups in total. The van der Waals surface area contributed by atoms with Crippen molar-refractivity contribution < 1.29 is 14.3 Å². The maximum absolute atomic E-state index is 12.1. The lowest BCUT2D eigenvalue weighted by Gasteiger charge is -2.10. The van der Waals surface area contributed by atoms with Crippen LogP contribution in [0.25, 0.3) is 22.8 Å². The molecule has 0 aliphatic carbocycles. The number of ether oxygens (including phenoxy) is 2. The van der Waals surface area contributed by atoms with Gasteiger partial charge in [-0.2, -0.15) is 0 Å². The largest absolute Gasteiger partial charge is 0.493 e. The summed E-state index contributed by atoms with van der Waals surface area (Å²) in [5.74, 6) is 1.55. The van der Waals surface area contributed by atoms with Gasteiger partial charge in [-0.15, -0.1) is 0 Å². The van der Waals surface area contributed by atoms with Crippen LogP contribution in [0.1, 0.15) is 30.4 Å². The maximum atomic E-state index is 12.1. The zero-order valence-corrected chi connectivity index (χ0v) is 22.2. The Hall–Kier alpha value is -4.10. The molecule has 0 radical (unpaired) electrons. The minimum atomic E-state index is 0.0382. The first-order chi connectivity index (χ1) is 18.7. The molecule has 0 spiro atoms. The number of rotatable bonds is 14. The molecule has 3 aromatic carbocycles. The van der Waals surface area contributed by atoms with Crippen LogP contribution in [0.15, 0.2) is 79.1 Å². The number of para-hydroxylation sites is 2. The lowest BCUT2D eigenvalue weighted by atomic mass is 10.1. The third kappa shape index (κ3) is 7.46. The van der Waals surface area contributed by atoms with Crippen molar-refractivity contribution in [3.05, 3.63) is 90.3 Å². The van der Waals surface area contributed by atoms with Gasteiger partial charge in [0.1, 0.15) is 6.33 Å². The zero-order valence-electron chi connectivity index (χ0n) is 22.2. The van der Waals surface area contributed by atoms with Crippen LogP contribution in [0.2, 0.25) is 0 Å². The number of nitrogens with one attached hydrogen (secondary N) is 2. The molecule has 4 aromatic rings. The van der Waals surface area contributed by atoms with Gasteiger partial charge in [0.2, 0.25) is 5.91 Å². The number of methoxy groups -OCH3 is 2. The molecule has 1 heterocycles. The summed E-state index contributed by atoms with van der Waals surface area (Å²) in [6.07, 6.45) is 9.00. The quantitative estimate of drug-likeness (QED) is 0.228. The number of amides is 1. The summed E-state index contributed by atoms with van der Waals surface area (Å²) in [6, 6.07) is 22.4. The van der Waals surface area contributed by atoms with Crippen LogP contribution >= 0.6 is 0 Å². The lowest BCUT2D eigenvalue weighted by molar-refractivity contribution is -0.120. The predicted molar refractivity (Wildman–Crippen MR) is 153 cm³/mol. The molecular weight excluding hydrogens is 476 g/mol. The molecule has 0 saturated carbocycles. The minimum Gasteiger partial charge on any atom is -0.493 e. The predicted octanol–water partition coefficient (Wildman–Crippen LogP) is 5.17. The van der Waals surface area contributed by atoms with Gasteiger partial charge in [-0.25, -0.2) is 4.98 Å². The van der Waals surface area contributed by atoms with Gasteiger partial charge < -0.3 is 20.1 Å². The number of carbonyl (C=O) groups excluding carboxylic acids is 1.